The number of H-pyrrole nitrogens is 1. The van der Waals surface area contributed by atoms with Gasteiger partial charge in [0.15, 0.2) is 0 Å². The number of anilines is 3. The van der Waals surface area contributed by atoms with Gasteiger partial charge in [-0.25, -0.2) is 14.8 Å². The molecule has 5 aromatic rings. The van der Waals surface area contributed by atoms with Crippen LogP contribution in [0.4, 0.5) is 35.3 Å². The fraction of sp³-hybridized carbons (Fsp3) is 0.456. The number of nitrogens with zero attached hydrogens (tertiary/aromatic N) is 7. The fourth-order valence-corrected chi connectivity index (χ4v) is 11.1. The van der Waals surface area contributed by atoms with Crippen molar-refractivity contribution in [2.75, 3.05) is 68.3 Å². The molecule has 1 saturated carbocycles. The van der Waals surface area contributed by atoms with Crippen LogP contribution in [0.5, 0.6) is 0 Å². The monoisotopic (exact) mass is 1070 g/mol. The first-order chi connectivity index (χ1) is 37.6. The smallest absolute Gasteiger partial charge is 0.383 e. The van der Waals surface area contributed by atoms with E-state index < -0.39 is 23.7 Å². The van der Waals surface area contributed by atoms with Crippen LogP contribution in [0.15, 0.2) is 73.1 Å². The molecule has 412 valence electrons. The molecule has 78 heavy (non-hydrogen) atoms. The van der Waals surface area contributed by atoms with Crippen LogP contribution in [-0.2, 0) is 20.6 Å². The highest BCUT2D eigenvalue weighted by Crippen LogP contribution is 2.34. The number of hydrogen-bond acceptors (Lipinski definition) is 11. The standard InChI is InChI=1S/C57H67F3N12O6/c1-36-11-12-41(31-45(36)72-29-22-47(73)66-56(72)78)55(77)70-27-20-38(21-28-70)34-69-25-18-37(19-26-69)30-49(75)71(35-48(74)64-44-9-5-2-6-10-44)24-7-3-4-8-42-33-63-53(61)50-51(67-68-52(42)50)39-13-15-40(16-14-39)54(76)65-46-32-43(17-23-62-46)57(58,59)60/h4,8,11-17,23,31-33,37-38,44H,2-3,5-7,9-10,18-22,24-30,34-35H2,1H3,(H2,61,63)(H,64,74)(H,67,68)(H,62,65,76)(H,66,73,78)/b8-4+. The second kappa shape index (κ2) is 24.8. The first-order valence-electron chi connectivity index (χ1n) is 27.1. The number of nitrogens with one attached hydrogen (secondary N) is 4. The van der Waals surface area contributed by atoms with E-state index >= 15 is 0 Å². The van der Waals surface area contributed by atoms with Gasteiger partial charge in [-0.3, -0.25) is 39.3 Å². The van der Waals surface area contributed by atoms with E-state index in [1.54, 1.807) is 35.4 Å². The zero-order valence-corrected chi connectivity index (χ0v) is 43.9. The highest BCUT2D eigenvalue weighted by Gasteiger charge is 2.33. The second-order valence-electron chi connectivity index (χ2n) is 21.1. The third-order valence-electron chi connectivity index (χ3n) is 15.5. The molecule has 4 aliphatic rings. The van der Waals surface area contributed by atoms with Gasteiger partial charge in [-0.2, -0.15) is 18.3 Å². The number of pyridine rings is 2. The number of hydrogen-bond donors (Lipinski definition) is 5. The number of likely N-dealkylation sites (tertiary alicyclic amines) is 2. The van der Waals surface area contributed by atoms with Gasteiger partial charge < -0.3 is 31.1 Å². The molecule has 1 aliphatic carbocycles. The lowest BCUT2D eigenvalue weighted by molar-refractivity contribution is -0.137. The topological polar surface area (TPSA) is 232 Å². The van der Waals surface area contributed by atoms with Crippen molar-refractivity contribution in [3.05, 3.63) is 101 Å². The second-order valence-corrected chi connectivity index (χ2v) is 21.1. The number of aromatic amines is 1. The number of halogens is 3. The van der Waals surface area contributed by atoms with Crippen molar-refractivity contribution >= 4 is 69.9 Å². The maximum absolute atomic E-state index is 14.1. The number of piperidine rings is 2. The lowest BCUT2D eigenvalue weighted by Crippen LogP contribution is -2.50. The van der Waals surface area contributed by atoms with Crippen LogP contribution in [0.3, 0.4) is 0 Å². The van der Waals surface area contributed by atoms with E-state index in [2.05, 4.69) is 41.0 Å². The van der Waals surface area contributed by atoms with Gasteiger partial charge in [0.1, 0.15) is 17.2 Å². The van der Waals surface area contributed by atoms with Crippen LogP contribution >= 0.6 is 0 Å². The van der Waals surface area contributed by atoms with Crippen molar-refractivity contribution in [2.45, 2.75) is 103 Å². The van der Waals surface area contributed by atoms with Gasteiger partial charge in [-0.1, -0.05) is 49.6 Å². The number of aryl methyl sites for hydroxylation is 1. The summed E-state index contributed by atoms with van der Waals surface area (Å²) in [7, 11) is 0. The molecule has 0 radical (unpaired) electrons. The number of allylic oxidation sites excluding steroid dienone is 1. The molecule has 0 unspecified atom stereocenters. The number of nitrogen functional groups attached to an aromatic ring is 1. The summed E-state index contributed by atoms with van der Waals surface area (Å²) in [6.45, 7) is 6.57. The molecule has 6 N–H and O–H groups in total. The Morgan fingerprint density at radius 1 is 0.872 bits per heavy atom. The third kappa shape index (κ3) is 13.7. The largest absolute Gasteiger partial charge is 0.416 e. The van der Waals surface area contributed by atoms with Gasteiger partial charge in [-0.15, -0.1) is 0 Å². The average Bonchev–Trinajstić information content (AvgIpc) is 4.00. The summed E-state index contributed by atoms with van der Waals surface area (Å²) < 4.78 is 39.6. The third-order valence-corrected chi connectivity index (χ3v) is 15.5. The molecule has 0 spiro atoms. The zero-order valence-electron chi connectivity index (χ0n) is 43.9. The molecule has 0 bridgehead atoms. The van der Waals surface area contributed by atoms with Crippen molar-refractivity contribution in [3.63, 3.8) is 0 Å². The van der Waals surface area contributed by atoms with Gasteiger partial charge in [-0.05, 0) is 125 Å². The first kappa shape index (κ1) is 55.1. The van der Waals surface area contributed by atoms with Crippen LogP contribution in [0.1, 0.15) is 121 Å². The van der Waals surface area contributed by atoms with E-state index in [9.17, 15) is 41.9 Å². The molecule has 6 heterocycles. The number of benzene rings is 2. The molecule has 4 fully saturated rings. The summed E-state index contributed by atoms with van der Waals surface area (Å²) in [6, 6.07) is 13.1. The van der Waals surface area contributed by atoms with E-state index in [0.29, 0.717) is 83.8 Å². The van der Waals surface area contributed by atoms with Crippen LogP contribution in [0, 0.1) is 18.8 Å². The summed E-state index contributed by atoms with van der Waals surface area (Å²) in [5.41, 5.74) is 10.1. The van der Waals surface area contributed by atoms with E-state index in [4.69, 9.17) is 5.73 Å². The Labute approximate surface area is 450 Å². The SMILES string of the molecule is Cc1ccc(C(=O)N2CCC(CN3CCC(CC(=O)N(CCC/C=C/c4cnc(N)c5c(-c6ccc(C(=O)Nc7cc(C(F)(F)F)ccn7)cc6)[nH]nc45)CC(=O)NC4CCCCC4)CC3)CC2)cc1N1CCC(=O)NC1=O. The summed E-state index contributed by atoms with van der Waals surface area (Å²) in [5.74, 6) is -0.480. The van der Waals surface area contributed by atoms with Crippen LogP contribution < -0.4 is 26.6 Å². The number of amides is 7. The predicted molar refractivity (Wildman–Crippen MR) is 290 cm³/mol. The van der Waals surface area contributed by atoms with Gasteiger partial charge in [0.05, 0.1) is 23.2 Å². The minimum absolute atomic E-state index is 0.0131. The minimum atomic E-state index is -4.58. The van der Waals surface area contributed by atoms with Crippen molar-refractivity contribution in [1.29, 1.82) is 0 Å². The summed E-state index contributed by atoms with van der Waals surface area (Å²) in [6.07, 6.45) is 12.5. The molecular weight excluding hydrogens is 1010 g/mol. The maximum atomic E-state index is 14.1. The lowest BCUT2D eigenvalue weighted by atomic mass is 9.90. The lowest BCUT2D eigenvalue weighted by Gasteiger charge is -2.38. The van der Waals surface area contributed by atoms with Gasteiger partial charge >= 0.3 is 12.2 Å². The Morgan fingerprint density at radius 2 is 1.60 bits per heavy atom. The average molecular weight is 1070 g/mol. The fourth-order valence-electron chi connectivity index (χ4n) is 11.1. The molecule has 7 amide bonds. The number of carbonyl (C=O) groups is 6. The zero-order chi connectivity index (χ0) is 54.9. The Hall–Kier alpha value is -7.68. The van der Waals surface area contributed by atoms with Gasteiger partial charge in [0.25, 0.3) is 11.8 Å². The number of urea groups is 1. The van der Waals surface area contributed by atoms with E-state index in [1.807, 2.05) is 30.0 Å². The van der Waals surface area contributed by atoms with Crippen molar-refractivity contribution in [1.82, 2.24) is 45.5 Å². The molecule has 3 saturated heterocycles. The molecular formula is C57H67F3N12O6. The number of aromatic nitrogens is 4. The maximum Gasteiger partial charge on any atom is 0.416 e. The van der Waals surface area contributed by atoms with Gasteiger partial charge in [0.2, 0.25) is 17.7 Å². The molecule has 21 heteroatoms. The predicted octanol–water partition coefficient (Wildman–Crippen LogP) is 8.35. The number of carbonyl (C=O) groups excluding carboxylic acids is 6. The minimum Gasteiger partial charge on any atom is -0.383 e. The highest BCUT2D eigenvalue weighted by molar-refractivity contribution is 6.07. The van der Waals surface area contributed by atoms with Crippen molar-refractivity contribution in [2.24, 2.45) is 11.8 Å². The van der Waals surface area contributed by atoms with E-state index in [-0.39, 0.29) is 72.3 Å². The van der Waals surface area contributed by atoms with Crippen molar-refractivity contribution < 1.29 is 41.9 Å². The number of alkyl halides is 3. The number of nitrogens with two attached hydrogens (primary N) is 1. The van der Waals surface area contributed by atoms with E-state index in [0.717, 1.165) is 94.9 Å². The molecule has 3 aliphatic heterocycles. The van der Waals surface area contributed by atoms with E-state index in [1.165, 1.54) is 23.5 Å². The number of imide groups is 1. The normalized spacial score (nSPS) is 17.4. The molecule has 2 aromatic carbocycles. The Kier molecular flexibility index (Phi) is 17.5. The molecule has 3 aromatic heterocycles. The quantitative estimate of drug-likeness (QED) is 0.0556. The summed E-state index contributed by atoms with van der Waals surface area (Å²) >= 11 is 0. The Balaban J connectivity index is 0.754. The van der Waals surface area contributed by atoms with Crippen LogP contribution in [0.25, 0.3) is 28.2 Å². The highest BCUT2D eigenvalue weighted by atomic mass is 19.4. The summed E-state index contributed by atoms with van der Waals surface area (Å²) in [5, 5.41) is 16.1. The van der Waals surface area contributed by atoms with Crippen LogP contribution in [-0.4, -0.2) is 129 Å². The summed E-state index contributed by atoms with van der Waals surface area (Å²) in [4.78, 5) is 94.2. The number of rotatable bonds is 17. The molecule has 18 nitrogen and oxygen atoms in total. The molecule has 9 rings (SSSR count). The number of fused-ring (bicyclic) bond motifs is 1. The van der Waals surface area contributed by atoms with Gasteiger partial charge in [0, 0.05) is 91.9 Å². The number of unbranched alkanes of at least 4 members (excludes halogenated alkanes) is 1. The van der Waals surface area contributed by atoms with Crippen molar-refractivity contribution in [3.8, 4) is 11.3 Å². The molecule has 0 atom stereocenters. The van der Waals surface area contributed by atoms with Crippen LogP contribution in [0.2, 0.25) is 0 Å². The first-order valence-corrected chi connectivity index (χ1v) is 27.1. The Bertz CT molecular complexity index is 3030. The Morgan fingerprint density at radius 3 is 2.33 bits per heavy atom.